The Labute approximate surface area is 161 Å². The third-order valence-electron chi connectivity index (χ3n) is 5.40. The molecule has 1 unspecified atom stereocenters. The highest BCUT2D eigenvalue weighted by atomic mass is 16.1. The Morgan fingerprint density at radius 1 is 1.19 bits per heavy atom. The van der Waals surface area contributed by atoms with Crippen molar-refractivity contribution in [2.75, 3.05) is 13.1 Å². The van der Waals surface area contributed by atoms with Gasteiger partial charge in [-0.25, -0.2) is 0 Å². The molecule has 0 aliphatic carbocycles. The minimum absolute atomic E-state index is 0. The van der Waals surface area contributed by atoms with Crippen LogP contribution in [-0.2, 0) is 13.0 Å². The predicted molar refractivity (Wildman–Crippen MR) is 111 cm³/mol. The number of ketones is 1. The van der Waals surface area contributed by atoms with Crippen LogP contribution in [0.25, 0.3) is 10.9 Å². The van der Waals surface area contributed by atoms with Gasteiger partial charge in [0.25, 0.3) is 0 Å². The van der Waals surface area contributed by atoms with E-state index < -0.39 is 0 Å². The largest absolute Gasteiger partial charge is 0.299 e. The van der Waals surface area contributed by atoms with Crippen LogP contribution in [-0.4, -0.2) is 34.0 Å². The molecule has 0 spiro atoms. The van der Waals surface area contributed by atoms with Crippen molar-refractivity contribution in [1.82, 2.24) is 15.1 Å². The maximum atomic E-state index is 11.4. The first-order valence-corrected chi connectivity index (χ1v) is 9.41. The minimum Gasteiger partial charge on any atom is -0.299 e. The molecule has 1 atom stereocenters. The molecule has 4 rings (SSSR count). The molecule has 3 aromatic rings. The van der Waals surface area contributed by atoms with Crippen molar-refractivity contribution in [3.8, 4) is 0 Å². The highest BCUT2D eigenvalue weighted by Gasteiger charge is 2.20. The maximum Gasteiger partial charge on any atom is 0.159 e. The lowest BCUT2D eigenvalue weighted by Crippen LogP contribution is -2.35. The summed E-state index contributed by atoms with van der Waals surface area (Å²) in [4.78, 5) is 14.0. The molecule has 0 bridgehead atoms. The average Bonchev–Trinajstić information content (AvgIpc) is 3.10. The fraction of sp³-hybridized carbons (Fsp3) is 0.391. The van der Waals surface area contributed by atoms with E-state index in [1.807, 2.05) is 18.3 Å². The van der Waals surface area contributed by atoms with E-state index in [1.54, 1.807) is 6.92 Å². The fourth-order valence-electron chi connectivity index (χ4n) is 4.02. The number of carbonyl (C=O) groups is 1. The number of benzene rings is 2. The Kier molecular flexibility index (Phi) is 6.07. The first kappa shape index (κ1) is 19.3. The number of rotatable bonds is 5. The molecule has 2 heterocycles. The first-order chi connectivity index (χ1) is 12.7. The van der Waals surface area contributed by atoms with E-state index >= 15 is 0 Å². The van der Waals surface area contributed by atoms with Crippen molar-refractivity contribution in [3.63, 3.8) is 0 Å². The Morgan fingerprint density at radius 2 is 1.96 bits per heavy atom. The molecule has 1 saturated heterocycles. The summed E-state index contributed by atoms with van der Waals surface area (Å²) in [5.74, 6) is 0.828. The van der Waals surface area contributed by atoms with Gasteiger partial charge < -0.3 is 0 Å². The van der Waals surface area contributed by atoms with Crippen LogP contribution in [0.3, 0.4) is 0 Å². The van der Waals surface area contributed by atoms with Gasteiger partial charge in [-0.1, -0.05) is 37.8 Å². The summed E-state index contributed by atoms with van der Waals surface area (Å²) in [5.41, 5.74) is 4.58. The second kappa shape index (κ2) is 8.49. The highest BCUT2D eigenvalue weighted by molar-refractivity contribution is 5.94. The zero-order valence-electron chi connectivity index (χ0n) is 15.2. The van der Waals surface area contributed by atoms with Gasteiger partial charge in [-0.15, -0.1) is 0 Å². The molecule has 1 aliphatic rings. The van der Waals surface area contributed by atoms with Crippen LogP contribution in [0.15, 0.2) is 48.7 Å². The molecule has 0 amide bonds. The van der Waals surface area contributed by atoms with E-state index in [0.717, 1.165) is 37.1 Å². The molecule has 1 aromatic heterocycles. The number of piperidine rings is 1. The van der Waals surface area contributed by atoms with Crippen molar-refractivity contribution in [3.05, 3.63) is 65.4 Å². The van der Waals surface area contributed by atoms with Crippen LogP contribution in [0.1, 0.15) is 48.7 Å². The van der Waals surface area contributed by atoms with Crippen LogP contribution in [0.5, 0.6) is 0 Å². The second-order valence-electron chi connectivity index (χ2n) is 7.49. The van der Waals surface area contributed by atoms with Crippen molar-refractivity contribution in [2.24, 2.45) is 5.92 Å². The van der Waals surface area contributed by atoms with E-state index in [4.69, 9.17) is 0 Å². The van der Waals surface area contributed by atoms with Gasteiger partial charge in [0.2, 0.25) is 0 Å². The van der Waals surface area contributed by atoms with Crippen LogP contribution < -0.4 is 0 Å². The summed E-state index contributed by atoms with van der Waals surface area (Å²) in [7, 11) is 0. The smallest absolute Gasteiger partial charge is 0.159 e. The normalized spacial score (nSPS) is 17.6. The molecule has 1 aliphatic heterocycles. The molecule has 2 aromatic carbocycles. The van der Waals surface area contributed by atoms with E-state index in [9.17, 15) is 4.79 Å². The number of Topliss-reactive ketones (excluding diaryl/α,β-unsaturated/α-hetero) is 1. The number of hydrogen-bond donors (Lipinski definition) is 1. The van der Waals surface area contributed by atoms with E-state index in [1.165, 1.54) is 29.4 Å². The number of carbonyl (C=O) groups excluding carboxylic acids is 1. The predicted octanol–water partition coefficient (Wildman–Crippen LogP) is 4.86. The van der Waals surface area contributed by atoms with Crippen LogP contribution in [0.4, 0.5) is 0 Å². The molecular formula is C23H29N3O. The standard InChI is InChI=1S/C22H25N3O.CH4/c1-16(26)20-7-4-17(5-8-20)14-25-10-2-3-19(15-25)11-18-6-9-22-21(12-18)13-23-24-22;/h4-9,12-13,19H,2-3,10-11,14-15H2,1H3,(H,23,24);1H4. The molecule has 1 N–H and O–H groups in total. The summed E-state index contributed by atoms with van der Waals surface area (Å²) in [6.45, 7) is 4.88. The van der Waals surface area contributed by atoms with Crippen molar-refractivity contribution in [2.45, 2.75) is 40.2 Å². The summed E-state index contributed by atoms with van der Waals surface area (Å²) < 4.78 is 0. The van der Waals surface area contributed by atoms with Gasteiger partial charge in [-0.3, -0.25) is 14.8 Å². The maximum absolute atomic E-state index is 11.4. The van der Waals surface area contributed by atoms with Crippen molar-refractivity contribution in [1.29, 1.82) is 0 Å². The number of nitrogens with one attached hydrogen (secondary N) is 1. The van der Waals surface area contributed by atoms with Crippen LogP contribution in [0.2, 0.25) is 0 Å². The van der Waals surface area contributed by atoms with Gasteiger partial charge in [0, 0.05) is 24.0 Å². The Morgan fingerprint density at radius 3 is 2.74 bits per heavy atom. The Bertz CT molecular complexity index is 897. The monoisotopic (exact) mass is 363 g/mol. The zero-order valence-corrected chi connectivity index (χ0v) is 15.2. The SMILES string of the molecule is C.CC(=O)c1ccc(CN2CCCC(Cc3ccc4[nH]ncc4c3)C2)cc1. The molecule has 4 heteroatoms. The molecule has 0 radical (unpaired) electrons. The number of aromatic nitrogens is 2. The lowest BCUT2D eigenvalue weighted by atomic mass is 9.90. The van der Waals surface area contributed by atoms with Gasteiger partial charge >= 0.3 is 0 Å². The number of likely N-dealkylation sites (tertiary alicyclic amines) is 1. The van der Waals surface area contributed by atoms with Crippen LogP contribution >= 0.6 is 0 Å². The van der Waals surface area contributed by atoms with Crippen molar-refractivity contribution < 1.29 is 4.79 Å². The topological polar surface area (TPSA) is 49.0 Å². The number of fused-ring (bicyclic) bond motifs is 1. The quantitative estimate of drug-likeness (QED) is 0.659. The average molecular weight is 364 g/mol. The number of aromatic amines is 1. The molecule has 142 valence electrons. The van der Waals surface area contributed by atoms with Gasteiger partial charge in [0.15, 0.2) is 5.78 Å². The third kappa shape index (κ3) is 4.64. The van der Waals surface area contributed by atoms with E-state index in [-0.39, 0.29) is 13.2 Å². The van der Waals surface area contributed by atoms with Crippen LogP contribution in [0, 0.1) is 5.92 Å². The van der Waals surface area contributed by atoms with E-state index in [0.29, 0.717) is 5.92 Å². The fourth-order valence-corrected chi connectivity index (χ4v) is 4.02. The summed E-state index contributed by atoms with van der Waals surface area (Å²) in [6, 6.07) is 14.7. The number of H-pyrrole nitrogens is 1. The third-order valence-corrected chi connectivity index (χ3v) is 5.40. The molecule has 0 saturated carbocycles. The molecule has 4 nitrogen and oxygen atoms in total. The zero-order chi connectivity index (χ0) is 17.9. The molecule has 27 heavy (non-hydrogen) atoms. The van der Waals surface area contributed by atoms with Crippen molar-refractivity contribution >= 4 is 16.7 Å². The summed E-state index contributed by atoms with van der Waals surface area (Å²) in [5, 5.41) is 8.32. The minimum atomic E-state index is 0. The van der Waals surface area contributed by atoms with Gasteiger partial charge in [0.1, 0.15) is 0 Å². The van der Waals surface area contributed by atoms with Gasteiger partial charge in [-0.2, -0.15) is 5.10 Å². The van der Waals surface area contributed by atoms with Gasteiger partial charge in [-0.05, 0) is 61.9 Å². The summed E-state index contributed by atoms with van der Waals surface area (Å²) >= 11 is 0. The lowest BCUT2D eigenvalue weighted by molar-refractivity contribution is 0.101. The molecule has 1 fully saturated rings. The molecular weight excluding hydrogens is 334 g/mol. The van der Waals surface area contributed by atoms with Gasteiger partial charge in [0.05, 0.1) is 11.7 Å². The van der Waals surface area contributed by atoms with E-state index in [2.05, 4.69) is 45.4 Å². The highest BCUT2D eigenvalue weighted by Crippen LogP contribution is 2.24. The second-order valence-corrected chi connectivity index (χ2v) is 7.49. The Balaban J connectivity index is 0.00000210. The lowest BCUT2D eigenvalue weighted by Gasteiger charge is -2.33. The first-order valence-electron chi connectivity index (χ1n) is 9.41. The summed E-state index contributed by atoms with van der Waals surface area (Å²) in [6.07, 6.45) is 5.57. The number of nitrogens with zero attached hydrogens (tertiary/aromatic N) is 2. The Hall–Kier alpha value is -2.46. The number of hydrogen-bond acceptors (Lipinski definition) is 3.